The van der Waals surface area contributed by atoms with Crippen LogP contribution in [0, 0.1) is 0 Å². The fourth-order valence-corrected chi connectivity index (χ4v) is 0.871. The summed E-state index contributed by atoms with van der Waals surface area (Å²) >= 11 is 0. The molecule has 1 aromatic heterocycles. The van der Waals surface area contributed by atoms with Gasteiger partial charge in [0.1, 0.15) is 5.82 Å². The van der Waals surface area contributed by atoms with Gasteiger partial charge in [0.2, 0.25) is 5.95 Å². The van der Waals surface area contributed by atoms with E-state index in [1.807, 2.05) is 0 Å². The lowest BCUT2D eigenvalue weighted by Crippen LogP contribution is -2.05. The van der Waals surface area contributed by atoms with Crippen LogP contribution in [-0.4, -0.2) is 9.55 Å². The second-order valence-electron chi connectivity index (χ2n) is 2.19. The van der Waals surface area contributed by atoms with E-state index in [-0.39, 0.29) is 17.0 Å². The molecule has 0 atom stereocenters. The summed E-state index contributed by atoms with van der Waals surface area (Å²) in [6.07, 6.45) is 2.59. The first-order valence-electron chi connectivity index (χ1n) is 3.32. The molecule has 0 aliphatic rings. The first-order chi connectivity index (χ1) is 4.75. The van der Waals surface area contributed by atoms with Gasteiger partial charge in [0, 0.05) is 6.54 Å². The van der Waals surface area contributed by atoms with Gasteiger partial charge in [-0.1, -0.05) is 6.92 Å². The molecule has 0 aromatic carbocycles. The van der Waals surface area contributed by atoms with Crippen LogP contribution in [0.5, 0.6) is 0 Å². The topological polar surface area (TPSA) is 69.9 Å². The molecule has 0 spiro atoms. The number of hydrogen-bond acceptors (Lipinski definition) is 3. The molecule has 64 valence electrons. The van der Waals surface area contributed by atoms with Gasteiger partial charge in [-0.25, -0.2) is 4.98 Å². The summed E-state index contributed by atoms with van der Waals surface area (Å²) in [5, 5.41) is 0. The molecule has 0 unspecified atom stereocenters. The normalized spacial score (nSPS) is 9.18. The maximum Gasteiger partial charge on any atom is 0.201 e. The average Bonchev–Trinajstić information content (AvgIpc) is 2.20. The highest BCUT2D eigenvalue weighted by atomic mass is 79.9. The number of halogens is 1. The highest BCUT2D eigenvalue weighted by molar-refractivity contribution is 8.93. The summed E-state index contributed by atoms with van der Waals surface area (Å²) in [4.78, 5) is 3.85. The van der Waals surface area contributed by atoms with E-state index in [2.05, 4.69) is 11.9 Å². The van der Waals surface area contributed by atoms with Crippen molar-refractivity contribution in [2.24, 2.45) is 0 Å². The van der Waals surface area contributed by atoms with Crippen LogP contribution in [0.1, 0.15) is 13.3 Å². The molecule has 0 saturated heterocycles. The van der Waals surface area contributed by atoms with Crippen molar-refractivity contribution < 1.29 is 0 Å². The zero-order chi connectivity index (χ0) is 7.56. The van der Waals surface area contributed by atoms with Crippen LogP contribution in [0.15, 0.2) is 6.20 Å². The molecule has 0 radical (unpaired) electrons. The fourth-order valence-electron chi connectivity index (χ4n) is 0.871. The van der Waals surface area contributed by atoms with Crippen LogP contribution in [-0.2, 0) is 6.54 Å². The Morgan fingerprint density at radius 2 is 2.18 bits per heavy atom. The Bertz CT molecular complexity index is 201. The van der Waals surface area contributed by atoms with Crippen molar-refractivity contribution in [3.63, 3.8) is 0 Å². The maximum absolute atomic E-state index is 5.55. The van der Waals surface area contributed by atoms with E-state index < -0.39 is 0 Å². The summed E-state index contributed by atoms with van der Waals surface area (Å²) in [5.74, 6) is 1.14. The van der Waals surface area contributed by atoms with E-state index >= 15 is 0 Å². The zero-order valence-electron chi connectivity index (χ0n) is 6.45. The molecule has 1 aromatic rings. The van der Waals surface area contributed by atoms with Gasteiger partial charge in [-0.05, 0) is 6.42 Å². The standard InChI is InChI=1S/C6H12N4.BrH/c1-2-3-10-5(7)4-9-6(10)8;/h4H,2-3,7H2,1H3,(H2,8,9);1H. The van der Waals surface area contributed by atoms with Gasteiger partial charge in [-0.15, -0.1) is 17.0 Å². The first-order valence-corrected chi connectivity index (χ1v) is 3.32. The predicted octanol–water partition coefficient (Wildman–Crippen LogP) is 1.04. The van der Waals surface area contributed by atoms with Gasteiger partial charge < -0.3 is 11.5 Å². The largest absolute Gasteiger partial charge is 0.384 e. The summed E-state index contributed by atoms with van der Waals surface area (Å²) in [6.45, 7) is 2.91. The van der Waals surface area contributed by atoms with Crippen molar-refractivity contribution in [3.05, 3.63) is 6.20 Å². The molecule has 0 aliphatic heterocycles. The molecular weight excluding hydrogens is 208 g/mol. The molecule has 11 heavy (non-hydrogen) atoms. The minimum atomic E-state index is 0. The first kappa shape index (κ1) is 10.3. The Labute approximate surface area is 76.4 Å². The number of nitrogens with zero attached hydrogens (tertiary/aromatic N) is 2. The lowest BCUT2D eigenvalue weighted by molar-refractivity contribution is 0.696. The van der Waals surface area contributed by atoms with Crippen LogP contribution in [0.2, 0.25) is 0 Å². The monoisotopic (exact) mass is 220 g/mol. The number of hydrogen-bond donors (Lipinski definition) is 2. The van der Waals surface area contributed by atoms with Crippen molar-refractivity contribution >= 4 is 28.7 Å². The minimum absolute atomic E-state index is 0. The van der Waals surface area contributed by atoms with Crippen LogP contribution in [0.3, 0.4) is 0 Å². The van der Waals surface area contributed by atoms with Crippen molar-refractivity contribution in [1.82, 2.24) is 9.55 Å². The predicted molar refractivity (Wildman–Crippen MR) is 51.7 cm³/mol. The van der Waals surface area contributed by atoms with Crippen LogP contribution >= 0.6 is 17.0 Å². The number of anilines is 2. The van der Waals surface area contributed by atoms with E-state index in [9.17, 15) is 0 Å². The lowest BCUT2D eigenvalue weighted by Gasteiger charge is -2.02. The zero-order valence-corrected chi connectivity index (χ0v) is 8.16. The van der Waals surface area contributed by atoms with E-state index in [4.69, 9.17) is 11.5 Å². The summed E-state index contributed by atoms with van der Waals surface area (Å²) in [7, 11) is 0. The molecule has 0 amide bonds. The Kier molecular flexibility index (Phi) is 3.95. The molecule has 0 aliphatic carbocycles. The average molecular weight is 221 g/mol. The van der Waals surface area contributed by atoms with E-state index in [1.54, 1.807) is 10.8 Å². The third-order valence-corrected chi connectivity index (χ3v) is 1.36. The van der Waals surface area contributed by atoms with Gasteiger partial charge in [0.25, 0.3) is 0 Å². The van der Waals surface area contributed by atoms with Crippen molar-refractivity contribution in [1.29, 1.82) is 0 Å². The van der Waals surface area contributed by atoms with Gasteiger partial charge in [-0.2, -0.15) is 0 Å². The number of nitrogens with two attached hydrogens (primary N) is 2. The number of imidazole rings is 1. The molecule has 0 bridgehead atoms. The van der Waals surface area contributed by atoms with Gasteiger partial charge in [-0.3, -0.25) is 4.57 Å². The second-order valence-corrected chi connectivity index (χ2v) is 2.19. The summed E-state index contributed by atoms with van der Waals surface area (Å²) < 4.78 is 1.79. The minimum Gasteiger partial charge on any atom is -0.384 e. The van der Waals surface area contributed by atoms with Gasteiger partial charge >= 0.3 is 0 Å². The molecule has 4 N–H and O–H groups in total. The molecule has 0 fully saturated rings. The van der Waals surface area contributed by atoms with E-state index in [0.717, 1.165) is 13.0 Å². The third kappa shape index (κ3) is 2.11. The smallest absolute Gasteiger partial charge is 0.201 e. The number of rotatable bonds is 2. The summed E-state index contributed by atoms with van der Waals surface area (Å²) in [5.41, 5.74) is 11.0. The second kappa shape index (κ2) is 4.23. The lowest BCUT2D eigenvalue weighted by atomic mass is 10.5. The Balaban J connectivity index is 0.000001000. The van der Waals surface area contributed by atoms with Crippen LogP contribution < -0.4 is 11.5 Å². The van der Waals surface area contributed by atoms with E-state index in [1.165, 1.54) is 0 Å². The third-order valence-electron chi connectivity index (χ3n) is 1.36. The quantitative estimate of drug-likeness (QED) is 0.783. The highest BCUT2D eigenvalue weighted by Gasteiger charge is 2.00. The maximum atomic E-state index is 5.55. The molecule has 5 heteroatoms. The highest BCUT2D eigenvalue weighted by Crippen LogP contribution is 2.08. The number of aromatic nitrogens is 2. The SMILES string of the molecule is Br.CCCn1c(N)cnc1N. The molecule has 0 saturated carbocycles. The summed E-state index contributed by atoms with van der Waals surface area (Å²) in [6, 6.07) is 0. The Morgan fingerprint density at radius 3 is 2.55 bits per heavy atom. The molecule has 4 nitrogen and oxygen atoms in total. The van der Waals surface area contributed by atoms with Crippen molar-refractivity contribution in [2.45, 2.75) is 19.9 Å². The van der Waals surface area contributed by atoms with Crippen molar-refractivity contribution in [2.75, 3.05) is 11.5 Å². The molecule has 1 heterocycles. The Hall–Kier alpha value is -0.710. The van der Waals surface area contributed by atoms with Gasteiger partial charge in [0.05, 0.1) is 6.20 Å². The number of nitrogen functional groups attached to an aromatic ring is 2. The van der Waals surface area contributed by atoms with Gasteiger partial charge in [0.15, 0.2) is 0 Å². The van der Waals surface area contributed by atoms with Crippen LogP contribution in [0.25, 0.3) is 0 Å². The molecule has 1 rings (SSSR count). The van der Waals surface area contributed by atoms with E-state index in [0.29, 0.717) is 11.8 Å². The fraction of sp³-hybridized carbons (Fsp3) is 0.500. The van der Waals surface area contributed by atoms with Crippen LogP contribution in [0.4, 0.5) is 11.8 Å². The Morgan fingerprint density at radius 1 is 1.55 bits per heavy atom. The van der Waals surface area contributed by atoms with Crippen molar-refractivity contribution in [3.8, 4) is 0 Å². The molecular formula is C6H13BrN4.